The molecule has 4 unspecified atom stereocenters. The number of rotatable bonds is 4. The van der Waals surface area contributed by atoms with Crippen LogP contribution in [0, 0.1) is 5.92 Å². The summed E-state index contributed by atoms with van der Waals surface area (Å²) in [5.41, 5.74) is 2.01. The molecule has 4 atom stereocenters. The van der Waals surface area contributed by atoms with Gasteiger partial charge in [0.15, 0.2) is 12.2 Å². The fourth-order valence-electron chi connectivity index (χ4n) is 3.00. The first-order valence-electron chi connectivity index (χ1n) is 8.36. The number of aromatic nitrogens is 1. The van der Waals surface area contributed by atoms with Crippen molar-refractivity contribution in [3.63, 3.8) is 0 Å². The fourth-order valence-corrected chi connectivity index (χ4v) is 5.06. The summed E-state index contributed by atoms with van der Waals surface area (Å²) in [6.07, 6.45) is 5.42. The number of nitrogens with one attached hydrogen (secondary N) is 1. The van der Waals surface area contributed by atoms with Crippen molar-refractivity contribution in [2.75, 3.05) is 5.32 Å². The molecule has 0 saturated carbocycles. The number of nitrogens with zero attached hydrogens (tertiary/aromatic N) is 3. The van der Waals surface area contributed by atoms with Gasteiger partial charge < -0.3 is 9.73 Å². The average Bonchev–Trinajstić information content (AvgIpc) is 3.36. The molecule has 2 aliphatic heterocycles. The highest BCUT2D eigenvalue weighted by Gasteiger charge is 2.31. The molecular weight excluding hydrogens is 368 g/mol. The molecule has 0 aliphatic carbocycles. The normalized spacial score (nSPS) is 27.5. The molecule has 0 saturated heterocycles. The largest absolute Gasteiger partial charge is 0.443 e. The van der Waals surface area contributed by atoms with Crippen LogP contribution in [0.3, 0.4) is 0 Å². The molecule has 8 heteroatoms. The molecule has 26 heavy (non-hydrogen) atoms. The number of benzene rings is 1. The van der Waals surface area contributed by atoms with Crippen molar-refractivity contribution in [3.8, 4) is 0 Å². The van der Waals surface area contributed by atoms with E-state index >= 15 is 0 Å². The molecule has 2 aliphatic rings. The predicted molar refractivity (Wildman–Crippen MR) is 105 cm³/mol. The van der Waals surface area contributed by atoms with Crippen LogP contribution in [-0.4, -0.2) is 22.2 Å². The van der Waals surface area contributed by atoms with Crippen LogP contribution in [0.25, 0.3) is 4.91 Å². The maximum absolute atomic E-state index is 12.3. The Hall–Kier alpha value is -2.06. The molecule has 0 radical (unpaired) electrons. The molecule has 0 bridgehead atoms. The van der Waals surface area contributed by atoms with Crippen LogP contribution in [0.15, 0.2) is 57.0 Å². The van der Waals surface area contributed by atoms with E-state index in [0.717, 1.165) is 16.4 Å². The number of hydrogen-bond donors (Lipinski definition) is 1. The quantitative estimate of drug-likeness (QED) is 0.752. The summed E-state index contributed by atoms with van der Waals surface area (Å²) in [4.78, 5) is 17.4. The Morgan fingerprint density at radius 2 is 2.04 bits per heavy atom. The zero-order valence-electron chi connectivity index (χ0n) is 14.3. The molecule has 4 rings (SSSR count). The fraction of sp³-hybridized carbons (Fsp3) is 0.333. The molecular formula is C18H18N4O2S2. The number of carbonyl (C=O) groups excluding carboxylic acids is 1. The Morgan fingerprint density at radius 1 is 1.23 bits per heavy atom. The van der Waals surface area contributed by atoms with Gasteiger partial charge in [0.1, 0.15) is 5.25 Å². The number of anilines is 1. The molecule has 0 fully saturated rings. The third-order valence-electron chi connectivity index (χ3n) is 4.41. The van der Waals surface area contributed by atoms with Crippen LogP contribution in [0.4, 0.5) is 5.69 Å². The van der Waals surface area contributed by atoms with Crippen molar-refractivity contribution in [1.82, 2.24) is 4.98 Å². The topological polar surface area (TPSA) is 79.9 Å². The zero-order chi connectivity index (χ0) is 18.1. The molecule has 3 heterocycles. The van der Waals surface area contributed by atoms with Gasteiger partial charge in [0.2, 0.25) is 5.91 Å². The zero-order valence-corrected chi connectivity index (χ0v) is 16.0. The summed E-state index contributed by atoms with van der Waals surface area (Å²) in [5, 5.41) is 7.01. The Morgan fingerprint density at radius 3 is 2.69 bits per heavy atom. The first kappa shape index (κ1) is 17.4. The van der Waals surface area contributed by atoms with Gasteiger partial charge in [-0.1, -0.05) is 25.1 Å². The molecule has 134 valence electrons. The Labute approximate surface area is 160 Å². The van der Waals surface area contributed by atoms with Gasteiger partial charge in [-0.3, -0.25) is 4.79 Å². The lowest BCUT2D eigenvalue weighted by Crippen LogP contribution is -2.30. The lowest BCUT2D eigenvalue weighted by Gasteiger charge is -2.16. The SMILES string of the molecule is CC1C=C(c2cnco2)SC1c1ccc(NC(=O)C2SN=NC2C)cc1. The van der Waals surface area contributed by atoms with Crippen molar-refractivity contribution in [2.24, 2.45) is 15.6 Å². The highest BCUT2D eigenvalue weighted by Crippen LogP contribution is 2.51. The number of hydrogen-bond acceptors (Lipinski definition) is 7. The van der Waals surface area contributed by atoms with E-state index in [1.807, 2.05) is 19.1 Å². The van der Waals surface area contributed by atoms with Gasteiger partial charge in [0, 0.05) is 27.8 Å². The van der Waals surface area contributed by atoms with E-state index in [9.17, 15) is 4.79 Å². The minimum Gasteiger partial charge on any atom is -0.443 e. The average molecular weight is 387 g/mol. The van der Waals surface area contributed by atoms with E-state index in [4.69, 9.17) is 4.42 Å². The summed E-state index contributed by atoms with van der Waals surface area (Å²) < 4.78 is 9.28. The first-order chi connectivity index (χ1) is 12.6. The molecule has 1 aromatic heterocycles. The number of thioether (sulfide) groups is 1. The number of amides is 1. The van der Waals surface area contributed by atoms with Gasteiger partial charge in [-0.2, -0.15) is 5.11 Å². The van der Waals surface area contributed by atoms with E-state index < -0.39 is 0 Å². The number of oxazole rings is 1. The van der Waals surface area contributed by atoms with Crippen molar-refractivity contribution < 1.29 is 9.21 Å². The van der Waals surface area contributed by atoms with Crippen LogP contribution < -0.4 is 5.32 Å². The van der Waals surface area contributed by atoms with E-state index in [-0.39, 0.29) is 17.2 Å². The Bertz CT molecular complexity index is 849. The van der Waals surface area contributed by atoms with Crippen molar-refractivity contribution in [3.05, 3.63) is 54.3 Å². The third-order valence-corrected chi connectivity index (χ3v) is 6.98. The second-order valence-corrected chi connectivity index (χ2v) is 8.43. The maximum atomic E-state index is 12.3. The summed E-state index contributed by atoms with van der Waals surface area (Å²) in [6.45, 7) is 4.09. The van der Waals surface area contributed by atoms with Crippen molar-refractivity contribution >= 4 is 40.2 Å². The van der Waals surface area contributed by atoms with Gasteiger partial charge in [0.05, 0.1) is 12.2 Å². The summed E-state index contributed by atoms with van der Waals surface area (Å²) in [6, 6.07) is 7.95. The summed E-state index contributed by atoms with van der Waals surface area (Å²) in [7, 11) is 0. The standard InChI is InChI=1S/C18H18N4O2S2/c1-10-7-15(14-8-19-9-24-14)25-16(10)12-3-5-13(6-4-12)20-18(23)17-11(2)21-22-26-17/h3-11,16-17H,1-2H3,(H,20,23). The minimum absolute atomic E-state index is 0.0573. The van der Waals surface area contributed by atoms with Crippen LogP contribution in [-0.2, 0) is 4.79 Å². The second-order valence-electron chi connectivity index (χ2n) is 6.37. The summed E-state index contributed by atoms with van der Waals surface area (Å²) in [5.74, 6) is 1.14. The smallest absolute Gasteiger partial charge is 0.241 e. The molecule has 0 spiro atoms. The van der Waals surface area contributed by atoms with E-state index in [0.29, 0.717) is 11.2 Å². The van der Waals surface area contributed by atoms with Crippen molar-refractivity contribution in [1.29, 1.82) is 0 Å². The monoisotopic (exact) mass is 386 g/mol. The minimum atomic E-state index is -0.256. The highest BCUT2D eigenvalue weighted by atomic mass is 32.2. The lowest BCUT2D eigenvalue weighted by atomic mass is 10.00. The van der Waals surface area contributed by atoms with Gasteiger partial charge in [-0.25, -0.2) is 4.98 Å². The molecule has 6 nitrogen and oxygen atoms in total. The van der Waals surface area contributed by atoms with E-state index in [1.165, 1.54) is 23.9 Å². The maximum Gasteiger partial charge on any atom is 0.241 e. The third kappa shape index (κ3) is 3.43. The number of allylic oxidation sites excluding steroid dienone is 1. The molecule has 1 amide bonds. The lowest BCUT2D eigenvalue weighted by molar-refractivity contribution is -0.115. The van der Waals surface area contributed by atoms with Gasteiger partial charge in [0.25, 0.3) is 0 Å². The van der Waals surface area contributed by atoms with Gasteiger partial charge in [-0.15, -0.1) is 16.3 Å². The molecule has 1 N–H and O–H groups in total. The summed E-state index contributed by atoms with van der Waals surface area (Å²) >= 11 is 3.00. The van der Waals surface area contributed by atoms with E-state index in [1.54, 1.807) is 18.0 Å². The van der Waals surface area contributed by atoms with Crippen LogP contribution in [0.5, 0.6) is 0 Å². The van der Waals surface area contributed by atoms with E-state index in [2.05, 4.69) is 45.1 Å². The van der Waals surface area contributed by atoms with Gasteiger partial charge in [-0.05, 0) is 30.5 Å². The predicted octanol–water partition coefficient (Wildman–Crippen LogP) is 4.95. The Balaban J connectivity index is 1.41. The van der Waals surface area contributed by atoms with Crippen LogP contribution >= 0.6 is 23.7 Å². The number of carbonyl (C=O) groups is 1. The second kappa shape index (κ2) is 7.28. The highest BCUT2D eigenvalue weighted by molar-refractivity contribution is 8.08. The molecule has 2 aromatic rings. The first-order valence-corrected chi connectivity index (χ1v) is 10.1. The Kier molecular flexibility index (Phi) is 4.86. The molecule has 1 aromatic carbocycles. The van der Waals surface area contributed by atoms with Crippen molar-refractivity contribution in [2.45, 2.75) is 30.4 Å². The van der Waals surface area contributed by atoms with Crippen LogP contribution in [0.2, 0.25) is 0 Å². The van der Waals surface area contributed by atoms with Crippen LogP contribution in [0.1, 0.15) is 30.4 Å². The van der Waals surface area contributed by atoms with Gasteiger partial charge >= 0.3 is 0 Å².